The van der Waals surface area contributed by atoms with Gasteiger partial charge in [-0.15, -0.1) is 0 Å². The molecule has 0 fully saturated rings. The first-order valence-corrected chi connectivity index (χ1v) is 6.98. The molecule has 1 atom stereocenters. The van der Waals surface area contributed by atoms with Crippen LogP contribution in [0.15, 0.2) is 35.2 Å². The van der Waals surface area contributed by atoms with Gasteiger partial charge in [0.2, 0.25) is 0 Å². The molecule has 0 amide bonds. The lowest BCUT2D eigenvalue weighted by atomic mass is 10.1. The van der Waals surface area contributed by atoms with Crippen molar-refractivity contribution in [2.75, 3.05) is 12.9 Å². The van der Waals surface area contributed by atoms with Gasteiger partial charge in [0, 0.05) is 0 Å². The normalized spacial score (nSPS) is 13.1. The zero-order valence-electron chi connectivity index (χ0n) is 9.92. The summed E-state index contributed by atoms with van der Waals surface area (Å²) in [5, 5.41) is 0. The van der Waals surface area contributed by atoms with Gasteiger partial charge in [-0.1, -0.05) is 25.1 Å². The van der Waals surface area contributed by atoms with E-state index in [1.54, 1.807) is 37.3 Å². The Hall–Kier alpha value is -1.36. The Morgan fingerprint density at radius 3 is 2.41 bits per heavy atom. The fraction of sp³-hybridized carbons (Fsp3) is 0.417. The number of benzene rings is 1. The molecule has 0 aromatic heterocycles. The highest BCUT2D eigenvalue weighted by atomic mass is 32.2. The van der Waals surface area contributed by atoms with Gasteiger partial charge >= 0.3 is 5.97 Å². The molecule has 5 heteroatoms. The van der Waals surface area contributed by atoms with E-state index in [9.17, 15) is 13.2 Å². The van der Waals surface area contributed by atoms with Crippen LogP contribution in [0.25, 0.3) is 0 Å². The Bertz CT molecular complexity index is 465. The molecule has 0 saturated heterocycles. The summed E-state index contributed by atoms with van der Waals surface area (Å²) < 4.78 is 28.3. The quantitative estimate of drug-likeness (QED) is 0.752. The van der Waals surface area contributed by atoms with E-state index in [0.717, 1.165) is 0 Å². The third-order valence-electron chi connectivity index (χ3n) is 2.53. The predicted octanol–water partition coefficient (Wildman–Crippen LogP) is 1.66. The van der Waals surface area contributed by atoms with E-state index >= 15 is 0 Å². The molecule has 0 spiro atoms. The van der Waals surface area contributed by atoms with Crippen molar-refractivity contribution < 1.29 is 17.9 Å². The number of carbonyl (C=O) groups is 1. The van der Waals surface area contributed by atoms with Crippen molar-refractivity contribution in [1.29, 1.82) is 0 Å². The van der Waals surface area contributed by atoms with Crippen molar-refractivity contribution in [3.8, 4) is 0 Å². The molecule has 0 aliphatic heterocycles. The molecule has 1 aromatic rings. The second-order valence-corrected chi connectivity index (χ2v) is 5.95. The molecule has 4 nitrogen and oxygen atoms in total. The van der Waals surface area contributed by atoms with Crippen LogP contribution in [0.5, 0.6) is 0 Å². The number of sulfone groups is 1. The first kappa shape index (κ1) is 13.7. The van der Waals surface area contributed by atoms with Crippen LogP contribution >= 0.6 is 0 Å². The Morgan fingerprint density at radius 1 is 1.29 bits per heavy atom. The summed E-state index contributed by atoms with van der Waals surface area (Å²) in [4.78, 5) is 11.4. The number of rotatable bonds is 5. The lowest BCUT2D eigenvalue weighted by Crippen LogP contribution is -2.17. The second kappa shape index (κ2) is 5.82. The average Bonchev–Trinajstić information content (AvgIpc) is 2.36. The Kier molecular flexibility index (Phi) is 4.69. The van der Waals surface area contributed by atoms with Crippen LogP contribution in [-0.2, 0) is 19.4 Å². The molecule has 17 heavy (non-hydrogen) atoms. The number of hydrogen-bond donors (Lipinski definition) is 0. The number of carbonyl (C=O) groups excluding carboxylic acids is 1. The fourth-order valence-electron chi connectivity index (χ4n) is 1.40. The van der Waals surface area contributed by atoms with Crippen LogP contribution < -0.4 is 0 Å². The second-order valence-electron chi connectivity index (χ2n) is 3.84. The van der Waals surface area contributed by atoms with Gasteiger partial charge in [-0.05, 0) is 18.6 Å². The van der Waals surface area contributed by atoms with Crippen molar-refractivity contribution in [3.05, 3.63) is 30.3 Å². The zero-order valence-corrected chi connectivity index (χ0v) is 10.7. The maximum atomic E-state index is 11.9. The minimum absolute atomic E-state index is 0.0483. The SMILES string of the molecule is COC(=O)[C@H](C)CCS(=O)(=O)c1ccccc1. The summed E-state index contributed by atoms with van der Waals surface area (Å²) in [6.07, 6.45) is 0.268. The minimum Gasteiger partial charge on any atom is -0.469 e. The molecule has 0 radical (unpaired) electrons. The summed E-state index contributed by atoms with van der Waals surface area (Å²) in [6.45, 7) is 1.66. The van der Waals surface area contributed by atoms with E-state index in [1.165, 1.54) is 7.11 Å². The molecule has 1 rings (SSSR count). The molecule has 0 unspecified atom stereocenters. The van der Waals surface area contributed by atoms with Gasteiger partial charge in [-0.2, -0.15) is 0 Å². The number of methoxy groups -OCH3 is 1. The molecular formula is C12H16O4S. The lowest BCUT2D eigenvalue weighted by molar-refractivity contribution is -0.144. The van der Waals surface area contributed by atoms with Gasteiger partial charge in [0.1, 0.15) is 0 Å². The molecular weight excluding hydrogens is 240 g/mol. The molecule has 0 aliphatic carbocycles. The van der Waals surface area contributed by atoms with Gasteiger partial charge in [0.25, 0.3) is 0 Å². The molecule has 1 aromatic carbocycles. The minimum atomic E-state index is -3.30. The highest BCUT2D eigenvalue weighted by Crippen LogP contribution is 2.14. The van der Waals surface area contributed by atoms with Crippen LogP contribution in [-0.4, -0.2) is 27.2 Å². The summed E-state index contributed by atoms with van der Waals surface area (Å²) in [5.74, 6) is -0.834. The third-order valence-corrected chi connectivity index (χ3v) is 4.29. The van der Waals surface area contributed by atoms with Crippen LogP contribution in [0.4, 0.5) is 0 Å². The van der Waals surface area contributed by atoms with E-state index in [1.807, 2.05) is 0 Å². The van der Waals surface area contributed by atoms with Crippen molar-refractivity contribution in [2.24, 2.45) is 5.92 Å². The fourth-order valence-corrected chi connectivity index (χ4v) is 2.87. The van der Waals surface area contributed by atoms with Gasteiger partial charge in [0.15, 0.2) is 9.84 Å². The van der Waals surface area contributed by atoms with Crippen molar-refractivity contribution in [2.45, 2.75) is 18.2 Å². The van der Waals surface area contributed by atoms with Crippen LogP contribution in [0, 0.1) is 5.92 Å². The van der Waals surface area contributed by atoms with Crippen molar-refractivity contribution >= 4 is 15.8 Å². The zero-order chi connectivity index (χ0) is 12.9. The van der Waals surface area contributed by atoms with E-state index in [0.29, 0.717) is 0 Å². The number of ether oxygens (including phenoxy) is 1. The third kappa shape index (κ3) is 3.85. The summed E-state index contributed by atoms with van der Waals surface area (Å²) in [6, 6.07) is 8.22. The number of esters is 1. The predicted molar refractivity (Wildman–Crippen MR) is 64.3 cm³/mol. The van der Waals surface area contributed by atoms with Gasteiger partial charge in [-0.3, -0.25) is 4.79 Å². The van der Waals surface area contributed by atoms with Crippen molar-refractivity contribution in [1.82, 2.24) is 0 Å². The summed E-state index contributed by atoms with van der Waals surface area (Å²) in [5.41, 5.74) is 0. The monoisotopic (exact) mass is 256 g/mol. The molecule has 0 saturated carbocycles. The van der Waals surface area contributed by atoms with Gasteiger partial charge < -0.3 is 4.74 Å². The first-order valence-electron chi connectivity index (χ1n) is 5.33. The van der Waals surface area contributed by atoms with E-state index in [4.69, 9.17) is 0 Å². The maximum absolute atomic E-state index is 11.9. The molecule has 94 valence electrons. The van der Waals surface area contributed by atoms with E-state index in [-0.39, 0.29) is 23.0 Å². The highest BCUT2D eigenvalue weighted by molar-refractivity contribution is 7.91. The molecule has 0 heterocycles. The van der Waals surface area contributed by atoms with Crippen LogP contribution in [0.3, 0.4) is 0 Å². The number of hydrogen-bond acceptors (Lipinski definition) is 4. The summed E-state index contributed by atoms with van der Waals surface area (Å²) in [7, 11) is -2.01. The topological polar surface area (TPSA) is 60.4 Å². The standard InChI is InChI=1S/C12H16O4S/c1-10(12(13)16-2)8-9-17(14,15)11-6-4-3-5-7-11/h3-7,10H,8-9H2,1-2H3/t10-/m1/s1. The van der Waals surface area contributed by atoms with Gasteiger partial charge in [0.05, 0.1) is 23.7 Å². The maximum Gasteiger partial charge on any atom is 0.308 e. The largest absolute Gasteiger partial charge is 0.469 e. The Morgan fingerprint density at radius 2 is 1.88 bits per heavy atom. The Balaban J connectivity index is 2.66. The van der Waals surface area contributed by atoms with Gasteiger partial charge in [-0.25, -0.2) is 8.42 Å². The summed E-state index contributed by atoms with van der Waals surface area (Å²) >= 11 is 0. The smallest absolute Gasteiger partial charge is 0.308 e. The first-order chi connectivity index (χ1) is 7.97. The lowest BCUT2D eigenvalue weighted by Gasteiger charge is -2.09. The molecule has 0 aliphatic rings. The molecule has 0 N–H and O–H groups in total. The molecule has 0 bridgehead atoms. The van der Waals surface area contributed by atoms with Crippen LogP contribution in [0.2, 0.25) is 0 Å². The average molecular weight is 256 g/mol. The van der Waals surface area contributed by atoms with Crippen LogP contribution in [0.1, 0.15) is 13.3 Å². The van der Waals surface area contributed by atoms with E-state index < -0.39 is 15.8 Å². The highest BCUT2D eigenvalue weighted by Gasteiger charge is 2.19. The Labute approximate surface area is 102 Å². The van der Waals surface area contributed by atoms with Crippen molar-refractivity contribution in [3.63, 3.8) is 0 Å². The van der Waals surface area contributed by atoms with E-state index in [2.05, 4.69) is 4.74 Å².